The van der Waals surface area contributed by atoms with Crippen LogP contribution in [0.1, 0.15) is 114 Å². The summed E-state index contributed by atoms with van der Waals surface area (Å²) in [4.78, 5) is 39.1. The summed E-state index contributed by atoms with van der Waals surface area (Å²) in [5.74, 6) is -1.01. The molecule has 0 aromatic heterocycles. The van der Waals surface area contributed by atoms with Gasteiger partial charge >= 0.3 is 5.97 Å². The summed E-state index contributed by atoms with van der Waals surface area (Å²) in [6.07, 6.45) is 3.56. The van der Waals surface area contributed by atoms with Gasteiger partial charge in [-0.15, -0.1) is 0 Å². The van der Waals surface area contributed by atoms with Crippen molar-refractivity contribution in [2.75, 3.05) is 19.7 Å². The lowest BCUT2D eigenvalue weighted by Crippen LogP contribution is -2.48. The average molecular weight is 555 g/mol. The Labute approximate surface area is 237 Å². The molecule has 1 rings (SSSR count). The normalized spacial score (nSPS) is 28.5. The fraction of sp³-hybridized carbons (Fsp3) is 0.903. The van der Waals surface area contributed by atoms with Gasteiger partial charge in [-0.05, 0) is 72.1 Å². The van der Waals surface area contributed by atoms with Crippen LogP contribution in [0.4, 0.5) is 0 Å². The van der Waals surface area contributed by atoms with Crippen LogP contribution >= 0.6 is 0 Å². The van der Waals surface area contributed by atoms with E-state index in [1.807, 2.05) is 41.5 Å². The van der Waals surface area contributed by atoms with E-state index < -0.39 is 29.5 Å². The lowest BCUT2D eigenvalue weighted by molar-refractivity contribution is -0.159. The maximum atomic E-state index is 13.7. The molecule has 0 aromatic rings. The molecule has 8 heteroatoms. The Hall–Kier alpha value is -1.51. The number of esters is 1. The highest BCUT2D eigenvalue weighted by atomic mass is 16.5. The van der Waals surface area contributed by atoms with Crippen molar-refractivity contribution in [3.8, 4) is 0 Å². The second kappa shape index (κ2) is 15.5. The van der Waals surface area contributed by atoms with Crippen molar-refractivity contribution < 1.29 is 29.0 Å². The van der Waals surface area contributed by atoms with Gasteiger partial charge in [-0.2, -0.15) is 0 Å². The maximum absolute atomic E-state index is 13.7. The Bertz CT molecular complexity index is 788. The number of ketones is 1. The third kappa shape index (κ3) is 13.1. The van der Waals surface area contributed by atoms with Gasteiger partial charge in [0, 0.05) is 18.7 Å². The first-order chi connectivity index (χ1) is 17.9. The molecule has 39 heavy (non-hydrogen) atoms. The van der Waals surface area contributed by atoms with E-state index in [9.17, 15) is 19.5 Å². The molecule has 1 heterocycles. The number of aliphatic hydroxyl groups excluding tert-OH is 1. The molecule has 1 fully saturated rings. The Kier molecular flexibility index (Phi) is 14.1. The highest BCUT2D eigenvalue weighted by molar-refractivity contribution is 5.88. The van der Waals surface area contributed by atoms with Crippen LogP contribution in [0, 0.1) is 23.2 Å². The highest BCUT2D eigenvalue weighted by Gasteiger charge is 2.43. The maximum Gasteiger partial charge on any atom is 0.320 e. The third-order valence-corrected chi connectivity index (χ3v) is 8.11. The number of amides is 1. The van der Waals surface area contributed by atoms with Gasteiger partial charge in [0.2, 0.25) is 5.91 Å². The first-order valence-electron chi connectivity index (χ1n) is 14.9. The number of aliphatic hydroxyl groups is 1. The van der Waals surface area contributed by atoms with E-state index in [4.69, 9.17) is 9.47 Å². The van der Waals surface area contributed by atoms with Crippen LogP contribution in [0.2, 0.25) is 0 Å². The van der Waals surface area contributed by atoms with Crippen LogP contribution in [0.3, 0.4) is 0 Å². The summed E-state index contributed by atoms with van der Waals surface area (Å²) in [5, 5.41) is 17.0. The highest BCUT2D eigenvalue weighted by Crippen LogP contribution is 2.33. The quantitative estimate of drug-likeness (QED) is 0.387. The summed E-state index contributed by atoms with van der Waals surface area (Å²) in [6, 6.07) is 0. The second-order valence-corrected chi connectivity index (χ2v) is 14.0. The molecule has 0 aromatic carbocycles. The molecule has 1 aliphatic rings. The monoisotopic (exact) mass is 554 g/mol. The van der Waals surface area contributed by atoms with Crippen molar-refractivity contribution in [2.45, 2.75) is 138 Å². The molecule has 0 radical (unpaired) electrons. The summed E-state index contributed by atoms with van der Waals surface area (Å²) in [5.41, 5.74) is -1.72. The number of carbonyl (C=O) groups excluding carboxylic acids is 3. The number of carbonyl (C=O) groups is 3. The Morgan fingerprint density at radius 2 is 1.67 bits per heavy atom. The molecule has 5 atom stereocenters. The predicted molar refractivity (Wildman–Crippen MR) is 155 cm³/mol. The van der Waals surface area contributed by atoms with Gasteiger partial charge < -0.3 is 25.2 Å². The van der Waals surface area contributed by atoms with E-state index in [0.29, 0.717) is 19.1 Å². The van der Waals surface area contributed by atoms with Crippen LogP contribution in [0.15, 0.2) is 0 Å². The first kappa shape index (κ1) is 35.5. The molecule has 228 valence electrons. The molecule has 1 amide bonds. The number of hydrogen-bond acceptors (Lipinski definition) is 7. The molecule has 3 N–H and O–H groups in total. The topological polar surface area (TPSA) is 114 Å². The van der Waals surface area contributed by atoms with Gasteiger partial charge in [-0.1, -0.05) is 47.5 Å². The zero-order valence-electron chi connectivity index (χ0n) is 26.4. The minimum Gasteiger partial charge on any atom is -0.460 e. The van der Waals surface area contributed by atoms with Gasteiger partial charge in [-0.3, -0.25) is 14.4 Å². The van der Waals surface area contributed by atoms with Crippen molar-refractivity contribution in [3.63, 3.8) is 0 Å². The van der Waals surface area contributed by atoms with E-state index in [0.717, 1.165) is 38.5 Å². The summed E-state index contributed by atoms with van der Waals surface area (Å²) < 4.78 is 11.8. The molecular weight excluding hydrogens is 496 g/mol. The molecule has 1 aliphatic heterocycles. The van der Waals surface area contributed by atoms with Gasteiger partial charge in [0.25, 0.3) is 0 Å². The Balaban J connectivity index is 3.00. The lowest BCUT2D eigenvalue weighted by Gasteiger charge is -2.36. The van der Waals surface area contributed by atoms with Gasteiger partial charge in [0.1, 0.15) is 11.9 Å². The fourth-order valence-corrected chi connectivity index (χ4v) is 5.10. The van der Waals surface area contributed by atoms with E-state index in [1.54, 1.807) is 20.8 Å². The largest absolute Gasteiger partial charge is 0.460 e. The molecule has 1 saturated heterocycles. The zero-order valence-corrected chi connectivity index (χ0v) is 26.4. The molecule has 4 unspecified atom stereocenters. The van der Waals surface area contributed by atoms with Crippen molar-refractivity contribution in [1.82, 2.24) is 10.6 Å². The predicted octanol–water partition coefficient (Wildman–Crippen LogP) is 4.81. The lowest BCUT2D eigenvalue weighted by atomic mass is 9.72. The molecular formula is C31H58N2O6. The number of hydrogen-bond donors (Lipinski definition) is 3. The molecule has 0 bridgehead atoms. The fourth-order valence-electron chi connectivity index (χ4n) is 5.10. The average Bonchev–Trinajstić information content (AvgIpc) is 2.81. The standard InChI is InChI=1S/C31H58N2O6/c1-21-13-11-15-22(2)27(39-26(36)20-33-30(7,8)16-18-38-29(4,5)6)23(3)28(37)31(9,10)24(34)19-25(35)32-17-12-14-21/h21-24,27,33-34H,11-20H2,1-10H3,(H,32,35)/t21?,22?,23?,24?,27-/m0/s1. The van der Waals surface area contributed by atoms with Crippen LogP contribution < -0.4 is 10.6 Å². The van der Waals surface area contributed by atoms with Crippen molar-refractivity contribution in [2.24, 2.45) is 23.2 Å². The van der Waals surface area contributed by atoms with E-state index in [-0.39, 0.29) is 41.7 Å². The minimum atomic E-state index is -1.17. The molecule has 0 saturated carbocycles. The summed E-state index contributed by atoms with van der Waals surface area (Å²) >= 11 is 0. The summed E-state index contributed by atoms with van der Waals surface area (Å²) in [6.45, 7) is 20.6. The molecule has 8 nitrogen and oxygen atoms in total. The number of Topliss-reactive ketones (excluding diaryl/α,β-unsaturated/α-hetero) is 1. The van der Waals surface area contributed by atoms with E-state index in [1.165, 1.54) is 0 Å². The van der Waals surface area contributed by atoms with Crippen LogP contribution in [0.5, 0.6) is 0 Å². The SMILES string of the molecule is CC1CCCNC(=O)CC(O)C(C)(C)C(=O)C(C)[C@@H](OC(=O)CNC(C)(C)CCOC(C)(C)C)C(C)CCC1. The minimum absolute atomic E-state index is 0.0237. The van der Waals surface area contributed by atoms with Crippen LogP contribution in [-0.4, -0.2) is 65.8 Å². The number of nitrogens with one attached hydrogen (secondary N) is 2. The van der Waals surface area contributed by atoms with E-state index in [2.05, 4.69) is 17.6 Å². The third-order valence-electron chi connectivity index (χ3n) is 8.11. The van der Waals surface area contributed by atoms with Crippen molar-refractivity contribution in [1.29, 1.82) is 0 Å². The Morgan fingerprint density at radius 3 is 2.28 bits per heavy atom. The molecule has 0 aliphatic carbocycles. The first-order valence-corrected chi connectivity index (χ1v) is 14.9. The van der Waals surface area contributed by atoms with Gasteiger partial charge in [0.05, 0.1) is 36.0 Å². The number of ether oxygens (including phenoxy) is 2. The Morgan fingerprint density at radius 1 is 1.05 bits per heavy atom. The second-order valence-electron chi connectivity index (χ2n) is 14.0. The van der Waals surface area contributed by atoms with E-state index >= 15 is 0 Å². The molecule has 0 spiro atoms. The number of rotatable bonds is 7. The summed E-state index contributed by atoms with van der Waals surface area (Å²) in [7, 11) is 0. The van der Waals surface area contributed by atoms with Crippen LogP contribution in [0.25, 0.3) is 0 Å². The zero-order chi connectivity index (χ0) is 30.0. The smallest absolute Gasteiger partial charge is 0.320 e. The van der Waals surface area contributed by atoms with Crippen LogP contribution in [-0.2, 0) is 23.9 Å². The van der Waals surface area contributed by atoms with Crippen molar-refractivity contribution >= 4 is 17.7 Å². The van der Waals surface area contributed by atoms with Crippen molar-refractivity contribution in [3.05, 3.63) is 0 Å². The van der Waals surface area contributed by atoms with Gasteiger partial charge in [-0.25, -0.2) is 0 Å². The van der Waals surface area contributed by atoms with Gasteiger partial charge in [0.15, 0.2) is 0 Å².